The predicted molar refractivity (Wildman–Crippen MR) is 89.1 cm³/mol. The van der Waals surface area contributed by atoms with Crippen molar-refractivity contribution < 1.29 is 9.21 Å². The highest BCUT2D eigenvalue weighted by molar-refractivity contribution is 7.98. The third-order valence-corrected chi connectivity index (χ3v) is 4.19. The molecule has 0 atom stereocenters. The molecule has 1 amide bonds. The quantitative estimate of drug-likeness (QED) is 0.687. The Morgan fingerprint density at radius 2 is 1.73 bits per heavy atom. The fourth-order valence-corrected chi connectivity index (χ4v) is 2.83. The van der Waals surface area contributed by atoms with Crippen LogP contribution in [0, 0.1) is 0 Å². The molecule has 1 heterocycles. The topological polar surface area (TPSA) is 42.2 Å². The van der Waals surface area contributed by atoms with Crippen molar-refractivity contribution in [3.05, 3.63) is 84.3 Å². The molecule has 1 N–H and O–H groups in total. The monoisotopic (exact) mass is 309 g/mol. The average Bonchev–Trinajstić information content (AvgIpc) is 3.10. The molecule has 0 bridgehead atoms. The molecule has 0 radical (unpaired) electrons. The van der Waals surface area contributed by atoms with Gasteiger partial charge in [0.2, 0.25) is 0 Å². The fourth-order valence-electron chi connectivity index (χ4n) is 1.98. The summed E-state index contributed by atoms with van der Waals surface area (Å²) in [4.78, 5) is 13.0. The van der Waals surface area contributed by atoms with Gasteiger partial charge in [-0.3, -0.25) is 4.79 Å². The molecule has 1 aromatic heterocycles. The highest BCUT2D eigenvalue weighted by atomic mass is 32.2. The molecule has 0 fully saturated rings. The largest absolute Gasteiger partial charge is 0.459 e. The van der Waals surface area contributed by atoms with E-state index in [1.807, 2.05) is 42.5 Å². The zero-order valence-corrected chi connectivity index (χ0v) is 12.7. The maximum absolute atomic E-state index is 11.9. The summed E-state index contributed by atoms with van der Waals surface area (Å²) in [6, 6.07) is 21.5. The zero-order valence-electron chi connectivity index (χ0n) is 11.9. The Bertz CT molecular complexity index is 722. The SMILES string of the molecule is O=C(Nc1ccc(SCc2ccccc2)cc1)c1ccco1. The molecular formula is C18H15NO2S. The smallest absolute Gasteiger partial charge is 0.291 e. The van der Waals surface area contributed by atoms with Crippen molar-refractivity contribution in [1.82, 2.24) is 0 Å². The van der Waals surface area contributed by atoms with Gasteiger partial charge in [-0.1, -0.05) is 30.3 Å². The number of nitrogens with one attached hydrogen (secondary N) is 1. The van der Waals surface area contributed by atoms with Crippen molar-refractivity contribution in [3.63, 3.8) is 0 Å². The summed E-state index contributed by atoms with van der Waals surface area (Å²) in [6.45, 7) is 0. The summed E-state index contributed by atoms with van der Waals surface area (Å²) >= 11 is 1.77. The fraction of sp³-hybridized carbons (Fsp3) is 0.0556. The minimum atomic E-state index is -0.241. The molecule has 2 aromatic carbocycles. The summed E-state index contributed by atoms with van der Waals surface area (Å²) in [5.74, 6) is 0.996. The minimum absolute atomic E-state index is 0.241. The van der Waals surface area contributed by atoms with E-state index >= 15 is 0 Å². The van der Waals surface area contributed by atoms with Gasteiger partial charge in [0, 0.05) is 16.3 Å². The molecule has 0 aliphatic heterocycles. The Morgan fingerprint density at radius 1 is 0.955 bits per heavy atom. The van der Waals surface area contributed by atoms with E-state index in [2.05, 4.69) is 17.4 Å². The number of thioether (sulfide) groups is 1. The van der Waals surface area contributed by atoms with Gasteiger partial charge in [-0.15, -0.1) is 11.8 Å². The number of benzene rings is 2. The Morgan fingerprint density at radius 3 is 2.41 bits per heavy atom. The van der Waals surface area contributed by atoms with Gasteiger partial charge in [0.05, 0.1) is 6.26 Å². The van der Waals surface area contributed by atoms with E-state index in [1.54, 1.807) is 23.9 Å². The molecule has 22 heavy (non-hydrogen) atoms. The lowest BCUT2D eigenvalue weighted by molar-refractivity contribution is 0.0996. The van der Waals surface area contributed by atoms with Crippen molar-refractivity contribution in [1.29, 1.82) is 0 Å². The number of carbonyl (C=O) groups excluding carboxylic acids is 1. The van der Waals surface area contributed by atoms with Gasteiger partial charge in [0.15, 0.2) is 5.76 Å². The first-order chi connectivity index (χ1) is 10.8. The average molecular weight is 309 g/mol. The van der Waals surface area contributed by atoms with Gasteiger partial charge >= 0.3 is 0 Å². The van der Waals surface area contributed by atoms with Crippen LogP contribution in [0.1, 0.15) is 16.1 Å². The van der Waals surface area contributed by atoms with Crippen LogP contribution in [0.4, 0.5) is 5.69 Å². The molecule has 3 aromatic rings. The first-order valence-electron chi connectivity index (χ1n) is 6.93. The van der Waals surface area contributed by atoms with Crippen molar-refractivity contribution in [2.75, 3.05) is 5.32 Å². The molecule has 0 saturated heterocycles. The molecule has 4 heteroatoms. The van der Waals surface area contributed by atoms with Gasteiger partial charge in [0.1, 0.15) is 0 Å². The Hall–Kier alpha value is -2.46. The molecule has 3 nitrogen and oxygen atoms in total. The third kappa shape index (κ3) is 3.80. The molecule has 0 saturated carbocycles. The van der Waals surface area contributed by atoms with Crippen molar-refractivity contribution >= 4 is 23.4 Å². The first kappa shape index (κ1) is 14.5. The van der Waals surface area contributed by atoms with Crippen molar-refractivity contribution in [3.8, 4) is 0 Å². The van der Waals surface area contributed by atoms with E-state index in [0.29, 0.717) is 5.76 Å². The lowest BCUT2D eigenvalue weighted by atomic mass is 10.2. The molecule has 0 aliphatic carbocycles. The van der Waals surface area contributed by atoms with Gasteiger partial charge in [-0.05, 0) is 42.0 Å². The van der Waals surface area contributed by atoms with Crippen LogP contribution in [-0.2, 0) is 5.75 Å². The van der Waals surface area contributed by atoms with Gasteiger partial charge in [-0.2, -0.15) is 0 Å². The third-order valence-electron chi connectivity index (χ3n) is 3.11. The normalized spacial score (nSPS) is 10.4. The van der Waals surface area contributed by atoms with Crippen LogP contribution in [-0.4, -0.2) is 5.91 Å². The number of anilines is 1. The second-order valence-electron chi connectivity index (χ2n) is 4.73. The van der Waals surface area contributed by atoms with Crippen LogP contribution in [0.2, 0.25) is 0 Å². The molecule has 3 rings (SSSR count). The molecule has 0 unspecified atom stereocenters. The van der Waals surface area contributed by atoms with Gasteiger partial charge in [-0.25, -0.2) is 0 Å². The maximum atomic E-state index is 11.9. The van der Waals surface area contributed by atoms with E-state index in [-0.39, 0.29) is 5.91 Å². The number of furan rings is 1. The van der Waals surface area contributed by atoms with E-state index in [1.165, 1.54) is 16.7 Å². The van der Waals surface area contributed by atoms with E-state index < -0.39 is 0 Å². The van der Waals surface area contributed by atoms with Crippen LogP contribution in [0.15, 0.2) is 82.3 Å². The molecule has 110 valence electrons. The maximum Gasteiger partial charge on any atom is 0.291 e. The van der Waals surface area contributed by atoms with E-state index in [4.69, 9.17) is 4.42 Å². The number of rotatable bonds is 5. The zero-order chi connectivity index (χ0) is 15.2. The lowest BCUT2D eigenvalue weighted by Gasteiger charge is -2.05. The van der Waals surface area contributed by atoms with Gasteiger partial charge < -0.3 is 9.73 Å². The molecule has 0 spiro atoms. The highest BCUT2D eigenvalue weighted by Crippen LogP contribution is 2.24. The van der Waals surface area contributed by atoms with Crippen LogP contribution < -0.4 is 5.32 Å². The number of hydrogen-bond acceptors (Lipinski definition) is 3. The van der Waals surface area contributed by atoms with E-state index in [9.17, 15) is 4.79 Å². The Labute approximate surface area is 133 Å². The minimum Gasteiger partial charge on any atom is -0.459 e. The number of hydrogen-bond donors (Lipinski definition) is 1. The summed E-state index contributed by atoms with van der Waals surface area (Å²) in [7, 11) is 0. The number of amides is 1. The molecule has 0 aliphatic rings. The van der Waals surface area contributed by atoms with Crippen LogP contribution in [0.25, 0.3) is 0 Å². The first-order valence-corrected chi connectivity index (χ1v) is 7.91. The lowest BCUT2D eigenvalue weighted by Crippen LogP contribution is -2.10. The van der Waals surface area contributed by atoms with Crippen LogP contribution >= 0.6 is 11.8 Å². The summed E-state index contributed by atoms with van der Waals surface area (Å²) in [5, 5.41) is 2.80. The van der Waals surface area contributed by atoms with Crippen LogP contribution in [0.5, 0.6) is 0 Å². The second-order valence-corrected chi connectivity index (χ2v) is 5.78. The molecular weight excluding hydrogens is 294 g/mol. The van der Waals surface area contributed by atoms with E-state index in [0.717, 1.165) is 11.4 Å². The summed E-state index contributed by atoms with van der Waals surface area (Å²) < 4.78 is 5.06. The Balaban J connectivity index is 1.57. The van der Waals surface area contributed by atoms with Crippen molar-refractivity contribution in [2.45, 2.75) is 10.6 Å². The van der Waals surface area contributed by atoms with Gasteiger partial charge in [0.25, 0.3) is 5.91 Å². The Kier molecular flexibility index (Phi) is 4.61. The predicted octanol–water partition coefficient (Wildman–Crippen LogP) is 4.82. The van der Waals surface area contributed by atoms with Crippen molar-refractivity contribution in [2.24, 2.45) is 0 Å². The standard InChI is InChI=1S/C18H15NO2S/c20-18(17-7-4-12-21-17)19-15-8-10-16(11-9-15)22-13-14-5-2-1-3-6-14/h1-12H,13H2,(H,19,20). The number of carbonyl (C=O) groups is 1. The second kappa shape index (κ2) is 7.00. The summed E-state index contributed by atoms with van der Waals surface area (Å²) in [5.41, 5.74) is 2.05. The van der Waals surface area contributed by atoms with Crippen LogP contribution in [0.3, 0.4) is 0 Å². The highest BCUT2D eigenvalue weighted by Gasteiger charge is 2.08. The summed E-state index contributed by atoms with van der Waals surface area (Å²) in [6.07, 6.45) is 1.48.